The summed E-state index contributed by atoms with van der Waals surface area (Å²) in [5.74, 6) is 0. The fraction of sp³-hybridized carbons (Fsp3) is 0.625. The first kappa shape index (κ1) is 15.2. The van der Waals surface area contributed by atoms with Crippen LogP contribution in [0.4, 0.5) is 0 Å². The Bertz CT molecular complexity index is 351. The second-order valence-electron chi connectivity index (χ2n) is 6.42. The number of hydrogen-bond acceptors (Lipinski definition) is 2. The third kappa shape index (κ3) is 3.56. The van der Waals surface area contributed by atoms with Crippen molar-refractivity contribution in [2.45, 2.75) is 52.7 Å². The van der Waals surface area contributed by atoms with Crippen LogP contribution in [-0.4, -0.2) is 24.0 Å². The lowest BCUT2D eigenvalue weighted by Crippen LogP contribution is -2.46. The highest BCUT2D eigenvalue weighted by atomic mass is 15.2. The predicted molar refractivity (Wildman–Crippen MR) is 79.5 cm³/mol. The standard InChI is InChI=1S/C16H28N2/c1-12(17)15(14-10-8-7-9-11-14)18(6)13(2)16(3,4)5/h7-13,15H,17H2,1-6H3. The van der Waals surface area contributed by atoms with Gasteiger partial charge in [0.1, 0.15) is 0 Å². The topological polar surface area (TPSA) is 29.3 Å². The van der Waals surface area contributed by atoms with Crippen molar-refractivity contribution in [1.82, 2.24) is 4.90 Å². The van der Waals surface area contributed by atoms with Crippen LogP contribution >= 0.6 is 0 Å². The van der Waals surface area contributed by atoms with Crippen molar-refractivity contribution >= 4 is 0 Å². The summed E-state index contributed by atoms with van der Waals surface area (Å²) in [6, 6.07) is 11.4. The number of benzene rings is 1. The summed E-state index contributed by atoms with van der Waals surface area (Å²) >= 11 is 0. The Labute approximate surface area is 112 Å². The van der Waals surface area contributed by atoms with Crippen molar-refractivity contribution < 1.29 is 0 Å². The first-order chi connectivity index (χ1) is 8.25. The van der Waals surface area contributed by atoms with Crippen molar-refractivity contribution in [2.24, 2.45) is 11.1 Å². The molecular weight excluding hydrogens is 220 g/mol. The molecule has 3 atom stereocenters. The van der Waals surface area contributed by atoms with Crippen molar-refractivity contribution in [1.29, 1.82) is 0 Å². The molecular formula is C16H28N2. The Kier molecular flexibility index (Phi) is 4.94. The number of hydrogen-bond donors (Lipinski definition) is 1. The maximum Gasteiger partial charge on any atom is 0.0496 e. The summed E-state index contributed by atoms with van der Waals surface area (Å²) in [6.07, 6.45) is 0. The first-order valence-electron chi connectivity index (χ1n) is 6.77. The molecule has 0 spiro atoms. The summed E-state index contributed by atoms with van der Waals surface area (Å²) < 4.78 is 0. The van der Waals surface area contributed by atoms with Gasteiger partial charge >= 0.3 is 0 Å². The molecule has 0 fully saturated rings. The van der Waals surface area contributed by atoms with E-state index in [0.29, 0.717) is 6.04 Å². The van der Waals surface area contributed by atoms with Gasteiger partial charge in [-0.05, 0) is 31.9 Å². The Morgan fingerprint density at radius 3 is 1.94 bits per heavy atom. The van der Waals surface area contributed by atoms with Crippen molar-refractivity contribution in [2.75, 3.05) is 7.05 Å². The van der Waals surface area contributed by atoms with E-state index >= 15 is 0 Å². The van der Waals surface area contributed by atoms with Crippen molar-refractivity contribution in [3.63, 3.8) is 0 Å². The van der Waals surface area contributed by atoms with Gasteiger partial charge < -0.3 is 5.73 Å². The van der Waals surface area contributed by atoms with Crippen LogP contribution in [0.3, 0.4) is 0 Å². The second-order valence-corrected chi connectivity index (χ2v) is 6.42. The van der Waals surface area contributed by atoms with Crippen LogP contribution in [-0.2, 0) is 0 Å². The molecule has 1 aromatic carbocycles. The van der Waals surface area contributed by atoms with Gasteiger partial charge in [-0.2, -0.15) is 0 Å². The first-order valence-corrected chi connectivity index (χ1v) is 6.77. The Balaban J connectivity index is 3.00. The van der Waals surface area contributed by atoms with Gasteiger partial charge in [0.05, 0.1) is 0 Å². The van der Waals surface area contributed by atoms with E-state index in [0.717, 1.165) is 0 Å². The maximum absolute atomic E-state index is 6.21. The van der Waals surface area contributed by atoms with Crippen LogP contribution < -0.4 is 5.73 Å². The highest BCUT2D eigenvalue weighted by Gasteiger charge is 2.30. The van der Waals surface area contributed by atoms with E-state index in [4.69, 9.17) is 5.73 Å². The predicted octanol–water partition coefficient (Wildman–Crippen LogP) is 3.44. The van der Waals surface area contributed by atoms with E-state index in [1.165, 1.54) is 5.56 Å². The third-order valence-corrected chi connectivity index (χ3v) is 3.94. The molecule has 0 bridgehead atoms. The molecule has 2 N–H and O–H groups in total. The van der Waals surface area contributed by atoms with E-state index in [-0.39, 0.29) is 17.5 Å². The van der Waals surface area contributed by atoms with Crippen LogP contribution in [0.2, 0.25) is 0 Å². The summed E-state index contributed by atoms with van der Waals surface area (Å²) in [6.45, 7) is 11.2. The summed E-state index contributed by atoms with van der Waals surface area (Å²) in [7, 11) is 2.18. The van der Waals surface area contributed by atoms with E-state index in [2.05, 4.69) is 76.9 Å². The number of rotatable bonds is 4. The molecule has 0 aromatic heterocycles. The molecule has 0 aliphatic carbocycles. The summed E-state index contributed by atoms with van der Waals surface area (Å²) in [5.41, 5.74) is 7.75. The Morgan fingerprint density at radius 2 is 1.56 bits per heavy atom. The van der Waals surface area contributed by atoms with Gasteiger partial charge in [-0.15, -0.1) is 0 Å². The molecule has 3 unspecified atom stereocenters. The van der Waals surface area contributed by atoms with Gasteiger partial charge in [0, 0.05) is 18.1 Å². The van der Waals surface area contributed by atoms with Crippen LogP contribution in [0.5, 0.6) is 0 Å². The third-order valence-electron chi connectivity index (χ3n) is 3.94. The fourth-order valence-corrected chi connectivity index (χ4v) is 2.41. The fourth-order valence-electron chi connectivity index (χ4n) is 2.41. The quantitative estimate of drug-likeness (QED) is 0.884. The number of nitrogens with two attached hydrogens (primary N) is 1. The molecule has 0 saturated carbocycles. The van der Waals surface area contributed by atoms with Gasteiger partial charge in [-0.3, -0.25) is 4.90 Å². The number of nitrogens with zero attached hydrogens (tertiary/aromatic N) is 1. The lowest BCUT2D eigenvalue weighted by Gasteiger charge is -2.42. The molecule has 0 radical (unpaired) electrons. The molecule has 0 aliphatic heterocycles. The highest BCUT2D eigenvalue weighted by Crippen LogP contribution is 2.31. The minimum atomic E-state index is 0.113. The molecule has 0 heterocycles. The molecule has 0 saturated heterocycles. The van der Waals surface area contributed by atoms with Gasteiger partial charge in [-0.25, -0.2) is 0 Å². The van der Waals surface area contributed by atoms with Crippen LogP contribution in [0.25, 0.3) is 0 Å². The van der Waals surface area contributed by atoms with E-state index in [9.17, 15) is 0 Å². The molecule has 102 valence electrons. The van der Waals surface area contributed by atoms with Crippen LogP contribution in [0.15, 0.2) is 30.3 Å². The van der Waals surface area contributed by atoms with Crippen LogP contribution in [0, 0.1) is 5.41 Å². The lowest BCUT2D eigenvalue weighted by molar-refractivity contribution is 0.0867. The average molecular weight is 248 g/mol. The monoisotopic (exact) mass is 248 g/mol. The Morgan fingerprint density at radius 1 is 1.06 bits per heavy atom. The smallest absolute Gasteiger partial charge is 0.0496 e. The van der Waals surface area contributed by atoms with Gasteiger partial charge in [0.25, 0.3) is 0 Å². The van der Waals surface area contributed by atoms with Gasteiger partial charge in [0.15, 0.2) is 0 Å². The Hall–Kier alpha value is -0.860. The summed E-state index contributed by atoms with van der Waals surface area (Å²) in [4.78, 5) is 2.40. The molecule has 2 nitrogen and oxygen atoms in total. The van der Waals surface area contributed by atoms with Crippen molar-refractivity contribution in [3.05, 3.63) is 35.9 Å². The molecule has 1 rings (SSSR count). The van der Waals surface area contributed by atoms with Gasteiger partial charge in [-0.1, -0.05) is 51.1 Å². The minimum absolute atomic E-state index is 0.113. The lowest BCUT2D eigenvalue weighted by atomic mass is 9.85. The zero-order valence-electron chi connectivity index (χ0n) is 12.6. The zero-order valence-corrected chi connectivity index (χ0v) is 12.6. The number of likely N-dealkylation sites (N-methyl/N-ethyl adjacent to an activating group) is 1. The largest absolute Gasteiger partial charge is 0.326 e. The minimum Gasteiger partial charge on any atom is -0.326 e. The van der Waals surface area contributed by atoms with Crippen LogP contribution in [0.1, 0.15) is 46.2 Å². The zero-order chi connectivity index (χ0) is 13.9. The van der Waals surface area contributed by atoms with E-state index in [1.807, 2.05) is 0 Å². The molecule has 18 heavy (non-hydrogen) atoms. The SMILES string of the molecule is CC(N)C(c1ccccc1)N(C)C(C)C(C)(C)C. The normalized spacial score (nSPS) is 17.6. The molecule has 0 amide bonds. The molecule has 2 heteroatoms. The summed E-state index contributed by atoms with van der Waals surface area (Å²) in [5, 5.41) is 0. The van der Waals surface area contributed by atoms with E-state index < -0.39 is 0 Å². The molecule has 1 aromatic rings. The average Bonchev–Trinajstić information content (AvgIpc) is 2.27. The highest BCUT2D eigenvalue weighted by molar-refractivity contribution is 5.20. The van der Waals surface area contributed by atoms with Gasteiger partial charge in [0.2, 0.25) is 0 Å². The van der Waals surface area contributed by atoms with Crippen molar-refractivity contribution in [3.8, 4) is 0 Å². The van der Waals surface area contributed by atoms with E-state index in [1.54, 1.807) is 0 Å². The second kappa shape index (κ2) is 5.85. The maximum atomic E-state index is 6.21. The molecule has 0 aliphatic rings.